The molecule has 0 aliphatic heterocycles. The monoisotopic (exact) mass is 375 g/mol. The topological polar surface area (TPSA) is 59.1 Å². The van der Waals surface area contributed by atoms with E-state index in [1.165, 1.54) is 28.5 Å². The van der Waals surface area contributed by atoms with Gasteiger partial charge in [-0.25, -0.2) is 0 Å². The molecule has 1 aromatic carbocycles. The second-order valence-corrected chi connectivity index (χ2v) is 5.91. The molecule has 0 atom stereocenters. The number of aromatic nitrogens is 1. The zero-order chi connectivity index (χ0) is 17.9. The molecule has 0 amide bonds. The SMILES string of the molecule is C=CCn1c(O)c(N=NC(=S)SC)c2cc(OC(F)(F)F)ccc21. The molecule has 0 radical (unpaired) electrons. The Morgan fingerprint density at radius 3 is 2.79 bits per heavy atom. The highest BCUT2D eigenvalue weighted by atomic mass is 32.2. The predicted molar refractivity (Wildman–Crippen MR) is 91.1 cm³/mol. The van der Waals surface area contributed by atoms with E-state index in [1.54, 1.807) is 6.26 Å². The lowest BCUT2D eigenvalue weighted by molar-refractivity contribution is -0.274. The summed E-state index contributed by atoms with van der Waals surface area (Å²) >= 11 is 6.08. The van der Waals surface area contributed by atoms with Gasteiger partial charge < -0.3 is 14.4 Å². The van der Waals surface area contributed by atoms with E-state index in [0.29, 0.717) is 5.52 Å². The quantitative estimate of drug-likeness (QED) is 0.455. The third-order valence-corrected chi connectivity index (χ3v) is 3.95. The van der Waals surface area contributed by atoms with Gasteiger partial charge in [0.1, 0.15) is 5.75 Å². The van der Waals surface area contributed by atoms with Crippen LogP contribution in [0.3, 0.4) is 0 Å². The first-order chi connectivity index (χ1) is 11.3. The summed E-state index contributed by atoms with van der Waals surface area (Å²) in [6.07, 6.45) is -1.58. The summed E-state index contributed by atoms with van der Waals surface area (Å²) in [6, 6.07) is 3.69. The number of azo groups is 1. The number of hydrogen-bond donors (Lipinski definition) is 1. The van der Waals surface area contributed by atoms with Crippen molar-refractivity contribution in [2.45, 2.75) is 12.9 Å². The van der Waals surface area contributed by atoms with Crippen molar-refractivity contribution in [2.75, 3.05) is 6.26 Å². The zero-order valence-corrected chi connectivity index (χ0v) is 14.0. The van der Waals surface area contributed by atoms with Crippen molar-refractivity contribution >= 4 is 44.9 Å². The molecule has 1 heterocycles. The van der Waals surface area contributed by atoms with Crippen LogP contribution in [0.15, 0.2) is 41.1 Å². The van der Waals surface area contributed by atoms with Crippen LogP contribution >= 0.6 is 24.0 Å². The Balaban J connectivity index is 2.61. The highest BCUT2D eigenvalue weighted by Gasteiger charge is 2.31. The normalized spacial score (nSPS) is 12.0. The molecule has 0 saturated carbocycles. The van der Waals surface area contributed by atoms with E-state index in [0.717, 1.165) is 12.1 Å². The summed E-state index contributed by atoms with van der Waals surface area (Å²) in [5.74, 6) is -0.670. The maximum Gasteiger partial charge on any atom is 0.573 e. The number of thioether (sulfide) groups is 1. The largest absolute Gasteiger partial charge is 0.573 e. The van der Waals surface area contributed by atoms with E-state index in [1.807, 2.05) is 0 Å². The number of ether oxygens (including phenoxy) is 1. The van der Waals surface area contributed by atoms with Gasteiger partial charge >= 0.3 is 6.36 Å². The Bertz CT molecular complexity index is 816. The van der Waals surface area contributed by atoms with Crippen LogP contribution in [0.4, 0.5) is 18.9 Å². The lowest BCUT2D eigenvalue weighted by Gasteiger charge is -2.09. The third-order valence-electron chi connectivity index (χ3n) is 2.93. The number of hydrogen-bond acceptors (Lipinski definition) is 5. The number of benzene rings is 1. The van der Waals surface area contributed by atoms with Gasteiger partial charge in [-0.15, -0.1) is 30.0 Å². The number of nitrogens with zero attached hydrogens (tertiary/aromatic N) is 3. The molecule has 2 rings (SSSR count). The summed E-state index contributed by atoms with van der Waals surface area (Å²) in [6.45, 7) is 3.82. The highest BCUT2D eigenvalue weighted by Crippen LogP contribution is 2.41. The summed E-state index contributed by atoms with van der Waals surface area (Å²) < 4.78 is 42.8. The molecule has 0 aliphatic rings. The van der Waals surface area contributed by atoms with Crippen molar-refractivity contribution in [1.82, 2.24) is 4.57 Å². The first kappa shape index (κ1) is 18.3. The van der Waals surface area contributed by atoms with Crippen molar-refractivity contribution in [3.05, 3.63) is 30.9 Å². The molecule has 128 valence electrons. The number of halogens is 3. The van der Waals surface area contributed by atoms with Gasteiger partial charge in [-0.1, -0.05) is 17.8 Å². The van der Waals surface area contributed by atoms with Crippen molar-refractivity contribution in [1.29, 1.82) is 0 Å². The van der Waals surface area contributed by atoms with Gasteiger partial charge in [-0.05, 0) is 36.7 Å². The summed E-state index contributed by atoms with van der Waals surface area (Å²) in [5, 5.41) is 18.2. The molecule has 1 N–H and O–H groups in total. The number of thiocarbonyl (C=S) groups is 1. The molecule has 2 aromatic rings. The molecule has 0 unspecified atom stereocenters. The van der Waals surface area contributed by atoms with Crippen molar-refractivity contribution in [3.8, 4) is 11.6 Å². The van der Waals surface area contributed by atoms with Crippen molar-refractivity contribution in [2.24, 2.45) is 10.2 Å². The van der Waals surface area contributed by atoms with Crippen LogP contribution in [0.1, 0.15) is 0 Å². The molecule has 10 heteroatoms. The van der Waals surface area contributed by atoms with E-state index in [-0.39, 0.29) is 27.8 Å². The van der Waals surface area contributed by atoms with Gasteiger partial charge in [0.25, 0.3) is 0 Å². The Hall–Kier alpha value is -2.07. The molecular weight excluding hydrogens is 363 g/mol. The molecule has 0 fully saturated rings. The van der Waals surface area contributed by atoms with Gasteiger partial charge in [0.2, 0.25) is 5.88 Å². The maximum atomic E-state index is 12.4. The molecule has 0 aliphatic carbocycles. The molecule has 24 heavy (non-hydrogen) atoms. The number of fused-ring (bicyclic) bond motifs is 1. The van der Waals surface area contributed by atoms with Crippen molar-refractivity contribution < 1.29 is 23.0 Å². The second kappa shape index (κ2) is 7.22. The van der Waals surface area contributed by atoms with E-state index >= 15 is 0 Å². The molecule has 0 saturated heterocycles. The molecule has 0 spiro atoms. The Morgan fingerprint density at radius 2 is 2.21 bits per heavy atom. The van der Waals surface area contributed by atoms with E-state index in [4.69, 9.17) is 12.2 Å². The van der Waals surface area contributed by atoms with Crippen LogP contribution in [0.5, 0.6) is 11.6 Å². The van der Waals surface area contributed by atoms with Gasteiger partial charge in [0.15, 0.2) is 10.0 Å². The zero-order valence-electron chi connectivity index (χ0n) is 12.4. The van der Waals surface area contributed by atoms with Gasteiger partial charge in [0, 0.05) is 11.9 Å². The number of aromatic hydroxyl groups is 1. The van der Waals surface area contributed by atoms with Gasteiger partial charge in [0.05, 0.1) is 5.52 Å². The van der Waals surface area contributed by atoms with Crippen LogP contribution in [0, 0.1) is 0 Å². The fourth-order valence-electron chi connectivity index (χ4n) is 2.04. The first-order valence-electron chi connectivity index (χ1n) is 6.48. The van der Waals surface area contributed by atoms with Crippen LogP contribution in [-0.2, 0) is 6.54 Å². The standard InChI is InChI=1S/C14H12F3N3O2S2/c1-3-6-20-10-5-4-8(22-14(15,16)17)7-9(10)11(12(20)21)18-19-13(23)24-2/h3-5,7,21H,1,6H2,2H3. The fraction of sp³-hybridized carbons (Fsp3) is 0.214. The maximum absolute atomic E-state index is 12.4. The molecular formula is C14H12F3N3O2S2. The average Bonchev–Trinajstić information content (AvgIpc) is 2.75. The minimum Gasteiger partial charge on any atom is -0.493 e. The predicted octanol–water partition coefficient (Wildman–Crippen LogP) is 5.16. The number of rotatable bonds is 4. The van der Waals surface area contributed by atoms with E-state index < -0.39 is 12.1 Å². The van der Waals surface area contributed by atoms with Crippen LogP contribution in [0.2, 0.25) is 0 Å². The lowest BCUT2D eigenvalue weighted by Crippen LogP contribution is -2.16. The third kappa shape index (κ3) is 4.06. The summed E-state index contributed by atoms with van der Waals surface area (Å²) in [4.78, 5) is 0. The molecule has 0 bridgehead atoms. The van der Waals surface area contributed by atoms with E-state index in [9.17, 15) is 18.3 Å². The van der Waals surface area contributed by atoms with Crippen LogP contribution < -0.4 is 4.74 Å². The minimum atomic E-state index is -4.82. The Labute approximate surface area is 144 Å². The Morgan fingerprint density at radius 1 is 1.50 bits per heavy atom. The summed E-state index contributed by atoms with van der Waals surface area (Å²) in [7, 11) is 0. The smallest absolute Gasteiger partial charge is 0.493 e. The van der Waals surface area contributed by atoms with Gasteiger partial charge in [-0.3, -0.25) is 0 Å². The first-order valence-corrected chi connectivity index (χ1v) is 8.11. The second-order valence-electron chi connectivity index (χ2n) is 4.47. The summed E-state index contributed by atoms with van der Waals surface area (Å²) in [5.41, 5.74) is 0.474. The highest BCUT2D eigenvalue weighted by molar-refractivity contribution is 8.22. The number of allylic oxidation sites excluding steroid dienone is 1. The Kier molecular flexibility index (Phi) is 5.50. The lowest BCUT2D eigenvalue weighted by atomic mass is 10.2. The molecule has 5 nitrogen and oxygen atoms in total. The van der Waals surface area contributed by atoms with Crippen LogP contribution in [0.25, 0.3) is 10.9 Å². The van der Waals surface area contributed by atoms with Crippen molar-refractivity contribution in [3.63, 3.8) is 0 Å². The molecule has 1 aromatic heterocycles. The van der Waals surface area contributed by atoms with Gasteiger partial charge in [-0.2, -0.15) is 0 Å². The minimum absolute atomic E-state index is 0.0101. The van der Waals surface area contributed by atoms with E-state index in [2.05, 4.69) is 21.5 Å². The average molecular weight is 375 g/mol. The fourth-order valence-corrected chi connectivity index (χ4v) is 2.21. The number of alkyl halides is 3. The van der Waals surface area contributed by atoms with Crippen LogP contribution in [-0.4, -0.2) is 26.6 Å².